The zero-order chi connectivity index (χ0) is 21.9. The Kier molecular flexibility index (Phi) is 3.24. The SMILES string of the molecule is C1CC2C(C1)C1C2CC2CC3C4CC5CC6C7CC8CC9CCC%10CCC%10C9C8C7C6C5C4C3C21. The van der Waals surface area contributed by atoms with Crippen LogP contribution in [0.25, 0.3) is 0 Å². The highest BCUT2D eigenvalue weighted by molar-refractivity contribution is 5.25. The van der Waals surface area contributed by atoms with E-state index in [0.717, 1.165) is 0 Å². The van der Waals surface area contributed by atoms with Crippen LogP contribution in [0.4, 0.5) is 0 Å². The molecule has 0 aliphatic heterocycles. The van der Waals surface area contributed by atoms with Crippen molar-refractivity contribution in [3.8, 4) is 0 Å². The van der Waals surface area contributed by atoms with Gasteiger partial charge in [-0.25, -0.2) is 0 Å². The van der Waals surface area contributed by atoms with Gasteiger partial charge in [0, 0.05) is 0 Å². The molecule has 0 radical (unpaired) electrons. The maximum atomic E-state index is 1.73. The average molecular weight is 469 g/mol. The smallest absolute Gasteiger partial charge is 0.0315 e. The second-order valence-corrected chi connectivity index (χ2v) is 17.8. The molecular weight excluding hydrogens is 420 g/mol. The third-order valence-electron chi connectivity index (χ3n) is 18.3. The first-order valence-corrected chi connectivity index (χ1v) is 17.3. The molecule has 12 rings (SSSR count). The van der Waals surface area contributed by atoms with Gasteiger partial charge in [-0.05, 0) is 207 Å². The Bertz CT molecular complexity index is 994. The third kappa shape index (κ3) is 1.88. The van der Waals surface area contributed by atoms with Crippen molar-refractivity contribution in [3.05, 3.63) is 0 Å². The summed E-state index contributed by atoms with van der Waals surface area (Å²) in [6.45, 7) is 0. The van der Waals surface area contributed by atoms with E-state index in [1.165, 1.54) is 130 Å². The van der Waals surface area contributed by atoms with Gasteiger partial charge in [-0.15, -0.1) is 0 Å². The van der Waals surface area contributed by atoms with E-state index in [4.69, 9.17) is 0 Å². The van der Waals surface area contributed by atoms with E-state index in [0.29, 0.717) is 0 Å². The Hall–Kier alpha value is 0. The van der Waals surface area contributed by atoms with Crippen molar-refractivity contribution in [2.45, 2.75) is 83.5 Å². The van der Waals surface area contributed by atoms with Crippen LogP contribution in [0.1, 0.15) is 83.5 Å². The third-order valence-corrected chi connectivity index (χ3v) is 18.3. The predicted octanol–water partition coefficient (Wildman–Crippen LogP) is 7.78. The Balaban J connectivity index is 0.881. The lowest BCUT2D eigenvalue weighted by atomic mass is 9.45. The van der Waals surface area contributed by atoms with E-state index in [2.05, 4.69) is 0 Å². The molecule has 0 saturated heterocycles. The van der Waals surface area contributed by atoms with Gasteiger partial charge in [-0.3, -0.25) is 0 Å². The average Bonchev–Trinajstić information content (AvgIpc) is 3.62. The molecular formula is C35H48. The van der Waals surface area contributed by atoms with Crippen LogP contribution in [-0.2, 0) is 0 Å². The molecule has 0 aromatic rings. The summed E-state index contributed by atoms with van der Waals surface area (Å²) in [5.74, 6) is 27.1. The van der Waals surface area contributed by atoms with Gasteiger partial charge in [0.1, 0.15) is 0 Å². The summed E-state index contributed by atoms with van der Waals surface area (Å²) in [7, 11) is 0. The minimum atomic E-state index is 1.19. The van der Waals surface area contributed by atoms with E-state index >= 15 is 0 Å². The molecule has 0 aromatic heterocycles. The van der Waals surface area contributed by atoms with E-state index in [1.807, 2.05) is 0 Å². The van der Waals surface area contributed by atoms with Crippen molar-refractivity contribution in [3.63, 3.8) is 0 Å². The van der Waals surface area contributed by atoms with Gasteiger partial charge in [0.15, 0.2) is 0 Å². The minimum Gasteiger partial charge on any atom is -0.0527 e. The van der Waals surface area contributed by atoms with Gasteiger partial charge >= 0.3 is 0 Å². The van der Waals surface area contributed by atoms with E-state index in [9.17, 15) is 0 Å². The van der Waals surface area contributed by atoms with Gasteiger partial charge in [0.2, 0.25) is 0 Å². The molecule has 0 aromatic carbocycles. The lowest BCUT2D eigenvalue weighted by molar-refractivity contribution is -0.128. The molecule has 0 heteroatoms. The minimum absolute atomic E-state index is 1.19. The van der Waals surface area contributed by atoms with E-state index < -0.39 is 0 Å². The molecule has 12 aliphatic carbocycles. The van der Waals surface area contributed by atoms with Crippen LogP contribution >= 0.6 is 0 Å². The Labute approximate surface area is 213 Å². The summed E-state index contributed by atoms with van der Waals surface area (Å²) in [4.78, 5) is 0. The molecule has 35 heavy (non-hydrogen) atoms. The Morgan fingerprint density at radius 1 is 0.229 bits per heavy atom. The first kappa shape index (κ1) is 19.1. The van der Waals surface area contributed by atoms with Crippen molar-refractivity contribution in [1.29, 1.82) is 0 Å². The quantitative estimate of drug-likeness (QED) is 0.340. The molecule has 12 fully saturated rings. The number of hydrogen-bond acceptors (Lipinski definition) is 0. The monoisotopic (exact) mass is 468 g/mol. The molecule has 0 nitrogen and oxygen atoms in total. The van der Waals surface area contributed by atoms with Crippen molar-refractivity contribution < 1.29 is 0 Å². The predicted molar refractivity (Wildman–Crippen MR) is 137 cm³/mol. The largest absolute Gasteiger partial charge is 0.0527 e. The van der Waals surface area contributed by atoms with Crippen LogP contribution in [-0.4, -0.2) is 0 Å². The zero-order valence-corrected chi connectivity index (χ0v) is 21.9. The lowest BCUT2D eigenvalue weighted by Crippen LogP contribution is -2.56. The fraction of sp³-hybridized carbons (Fsp3) is 1.00. The second-order valence-electron chi connectivity index (χ2n) is 17.8. The summed E-state index contributed by atoms with van der Waals surface area (Å²) < 4.78 is 0. The summed E-state index contributed by atoms with van der Waals surface area (Å²) in [6, 6.07) is 0. The summed E-state index contributed by atoms with van der Waals surface area (Å²) in [5, 5.41) is 0. The maximum Gasteiger partial charge on any atom is -0.0315 e. The normalized spacial score (nSPS) is 76.8. The lowest BCUT2D eigenvalue weighted by Gasteiger charge is -2.60. The molecule has 12 saturated carbocycles. The topological polar surface area (TPSA) is 0 Å². The van der Waals surface area contributed by atoms with Crippen LogP contribution in [0.15, 0.2) is 0 Å². The highest BCUT2D eigenvalue weighted by Crippen LogP contribution is 2.83. The standard InChI is InChI=1S/C35H48/c1-2-20-21(3-1)31-22(20)10-17-11-24-26-13-18-12-25-23-9-16-8-15-5-4-14-6-7-19(14)27(15)28(16)32(23)34(25)30(18)35(26)33(24)29(17)31/h14-35H,1-13H2. The second kappa shape index (κ2) is 5.93. The summed E-state index contributed by atoms with van der Waals surface area (Å²) >= 11 is 0. The van der Waals surface area contributed by atoms with Crippen LogP contribution < -0.4 is 0 Å². The van der Waals surface area contributed by atoms with Crippen molar-refractivity contribution >= 4 is 0 Å². The van der Waals surface area contributed by atoms with Crippen LogP contribution in [0.3, 0.4) is 0 Å². The van der Waals surface area contributed by atoms with Gasteiger partial charge in [-0.2, -0.15) is 0 Å². The van der Waals surface area contributed by atoms with Crippen molar-refractivity contribution in [2.24, 2.45) is 130 Å². The highest BCUT2D eigenvalue weighted by atomic mass is 14.8. The van der Waals surface area contributed by atoms with E-state index in [-0.39, 0.29) is 0 Å². The number of fused-ring (bicyclic) bond motifs is 24. The Morgan fingerprint density at radius 2 is 0.714 bits per heavy atom. The molecule has 22 unspecified atom stereocenters. The van der Waals surface area contributed by atoms with Gasteiger partial charge in [-0.1, -0.05) is 6.42 Å². The Morgan fingerprint density at radius 3 is 1.34 bits per heavy atom. The number of hydrogen-bond donors (Lipinski definition) is 0. The molecule has 0 spiro atoms. The fourth-order valence-electron chi connectivity index (χ4n) is 18.2. The van der Waals surface area contributed by atoms with Crippen molar-refractivity contribution in [1.82, 2.24) is 0 Å². The molecule has 0 N–H and O–H groups in total. The molecule has 188 valence electrons. The highest BCUT2D eigenvalue weighted by Gasteiger charge is 2.78. The zero-order valence-electron chi connectivity index (χ0n) is 21.9. The van der Waals surface area contributed by atoms with E-state index in [1.54, 1.807) is 83.5 Å². The molecule has 0 amide bonds. The molecule has 0 heterocycles. The van der Waals surface area contributed by atoms with Crippen molar-refractivity contribution in [2.75, 3.05) is 0 Å². The van der Waals surface area contributed by atoms with Gasteiger partial charge in [0.25, 0.3) is 0 Å². The molecule has 12 aliphatic rings. The van der Waals surface area contributed by atoms with Gasteiger partial charge < -0.3 is 0 Å². The maximum absolute atomic E-state index is 1.73. The first-order valence-electron chi connectivity index (χ1n) is 17.3. The summed E-state index contributed by atoms with van der Waals surface area (Å²) in [6.07, 6.45) is 21.7. The van der Waals surface area contributed by atoms with Crippen LogP contribution in [0, 0.1) is 130 Å². The fourth-order valence-corrected chi connectivity index (χ4v) is 18.2. The van der Waals surface area contributed by atoms with Gasteiger partial charge in [0.05, 0.1) is 0 Å². The summed E-state index contributed by atoms with van der Waals surface area (Å²) in [5.41, 5.74) is 0. The first-order chi connectivity index (χ1) is 17.3. The molecule has 22 atom stereocenters. The molecule has 0 bridgehead atoms. The van der Waals surface area contributed by atoms with Crippen LogP contribution in [0.5, 0.6) is 0 Å². The van der Waals surface area contributed by atoms with Crippen LogP contribution in [0.2, 0.25) is 0 Å². The number of rotatable bonds is 0.